The first-order valence-electron chi connectivity index (χ1n) is 5.35. The van der Waals surface area contributed by atoms with Crippen LogP contribution in [0.25, 0.3) is 0 Å². The molecule has 1 aromatic carbocycles. The van der Waals surface area contributed by atoms with E-state index < -0.39 is 0 Å². The molecular weight excluding hydrogens is 220 g/mol. The van der Waals surface area contributed by atoms with Crippen LogP contribution in [-0.4, -0.2) is 24.7 Å². The molecule has 2 rings (SSSR count). The van der Waals surface area contributed by atoms with Gasteiger partial charge in [0.2, 0.25) is 5.91 Å². The van der Waals surface area contributed by atoms with Gasteiger partial charge in [-0.1, -0.05) is 0 Å². The number of carbonyl (C=O) groups is 1. The van der Waals surface area contributed by atoms with Crippen molar-refractivity contribution in [1.29, 1.82) is 0 Å². The number of fused-ring (bicyclic) bond motifs is 1. The van der Waals surface area contributed by atoms with Gasteiger partial charge in [0.15, 0.2) is 0 Å². The normalized spacial score (nSPS) is 19.2. The molecule has 1 atom stereocenters. The molecule has 1 heterocycles. The Hall–Kier alpha value is -1.00. The van der Waals surface area contributed by atoms with E-state index in [1.54, 1.807) is 11.8 Å². The first-order chi connectivity index (χ1) is 7.61. The number of hydrogen-bond donors (Lipinski definition) is 2. The van der Waals surface area contributed by atoms with Gasteiger partial charge in [0.25, 0.3) is 0 Å². The third-order valence-electron chi connectivity index (χ3n) is 2.80. The SMILES string of the molecule is CNCC1Sc2cc(C)c(C)cc2NC1=O. The average Bonchev–Trinajstić information content (AvgIpc) is 2.23. The quantitative estimate of drug-likeness (QED) is 0.824. The van der Waals surface area contributed by atoms with Crippen LogP contribution >= 0.6 is 11.8 Å². The highest BCUT2D eigenvalue weighted by molar-refractivity contribution is 8.01. The second-order valence-electron chi connectivity index (χ2n) is 4.09. The number of hydrogen-bond acceptors (Lipinski definition) is 3. The number of nitrogens with one attached hydrogen (secondary N) is 2. The van der Waals surface area contributed by atoms with Crippen LogP contribution in [-0.2, 0) is 4.79 Å². The first-order valence-corrected chi connectivity index (χ1v) is 6.23. The zero-order valence-electron chi connectivity index (χ0n) is 9.76. The van der Waals surface area contributed by atoms with Crippen molar-refractivity contribution in [2.75, 3.05) is 18.9 Å². The van der Waals surface area contributed by atoms with E-state index in [0.29, 0.717) is 6.54 Å². The summed E-state index contributed by atoms with van der Waals surface area (Å²) in [6, 6.07) is 4.20. The van der Waals surface area contributed by atoms with Crippen molar-refractivity contribution in [3.05, 3.63) is 23.3 Å². The van der Waals surface area contributed by atoms with Crippen LogP contribution in [0.4, 0.5) is 5.69 Å². The Morgan fingerprint density at radius 3 is 2.75 bits per heavy atom. The van der Waals surface area contributed by atoms with Gasteiger partial charge >= 0.3 is 0 Å². The molecule has 0 saturated carbocycles. The molecular formula is C12H16N2OS. The largest absolute Gasteiger partial charge is 0.324 e. The minimum Gasteiger partial charge on any atom is -0.324 e. The lowest BCUT2D eigenvalue weighted by Crippen LogP contribution is -2.36. The Morgan fingerprint density at radius 2 is 2.06 bits per heavy atom. The molecule has 0 fully saturated rings. The van der Waals surface area contributed by atoms with E-state index in [1.807, 2.05) is 13.1 Å². The van der Waals surface area contributed by atoms with Gasteiger partial charge in [-0.05, 0) is 44.2 Å². The third kappa shape index (κ3) is 2.08. The van der Waals surface area contributed by atoms with Crippen LogP contribution in [0.3, 0.4) is 0 Å². The molecule has 86 valence electrons. The summed E-state index contributed by atoms with van der Waals surface area (Å²) in [5, 5.41) is 5.98. The van der Waals surface area contributed by atoms with Crippen molar-refractivity contribution >= 4 is 23.4 Å². The molecule has 1 aliphatic rings. The number of carbonyl (C=O) groups excluding carboxylic acids is 1. The van der Waals surface area contributed by atoms with Crippen molar-refractivity contribution in [1.82, 2.24) is 5.32 Å². The molecule has 0 aromatic heterocycles. The van der Waals surface area contributed by atoms with Gasteiger partial charge < -0.3 is 10.6 Å². The monoisotopic (exact) mass is 236 g/mol. The molecule has 2 N–H and O–H groups in total. The zero-order chi connectivity index (χ0) is 11.7. The van der Waals surface area contributed by atoms with Crippen molar-refractivity contribution < 1.29 is 4.79 Å². The van der Waals surface area contributed by atoms with Crippen molar-refractivity contribution in [3.63, 3.8) is 0 Å². The van der Waals surface area contributed by atoms with Crippen LogP contribution in [0.5, 0.6) is 0 Å². The van der Waals surface area contributed by atoms with Gasteiger partial charge in [-0.25, -0.2) is 0 Å². The molecule has 0 saturated heterocycles. The standard InChI is InChI=1S/C12H16N2OS/c1-7-4-9-10(5-8(7)2)16-11(6-13-3)12(15)14-9/h4-5,11,13H,6H2,1-3H3,(H,14,15). The molecule has 16 heavy (non-hydrogen) atoms. The molecule has 0 radical (unpaired) electrons. The highest BCUT2D eigenvalue weighted by atomic mass is 32.2. The summed E-state index contributed by atoms with van der Waals surface area (Å²) in [4.78, 5) is 12.9. The van der Waals surface area contributed by atoms with E-state index in [2.05, 4.69) is 30.5 Å². The molecule has 1 aromatic rings. The van der Waals surface area contributed by atoms with Crippen molar-refractivity contribution in [2.45, 2.75) is 24.0 Å². The fourth-order valence-corrected chi connectivity index (χ4v) is 2.93. The van der Waals surface area contributed by atoms with Gasteiger partial charge in [-0.2, -0.15) is 0 Å². The topological polar surface area (TPSA) is 41.1 Å². The maximum atomic E-state index is 11.8. The van der Waals surface area contributed by atoms with Gasteiger partial charge in [-0.15, -0.1) is 11.8 Å². The van der Waals surface area contributed by atoms with Gasteiger partial charge in [-0.3, -0.25) is 4.79 Å². The summed E-state index contributed by atoms with van der Waals surface area (Å²) in [7, 11) is 1.86. The minimum absolute atomic E-state index is 0.0281. The fourth-order valence-electron chi connectivity index (χ4n) is 1.72. The van der Waals surface area contributed by atoms with Crippen LogP contribution in [0.2, 0.25) is 0 Å². The molecule has 0 aliphatic carbocycles. The molecule has 3 nitrogen and oxygen atoms in total. The van der Waals surface area contributed by atoms with E-state index >= 15 is 0 Å². The van der Waals surface area contributed by atoms with Crippen LogP contribution in [0, 0.1) is 13.8 Å². The average molecular weight is 236 g/mol. The summed E-state index contributed by atoms with van der Waals surface area (Å²) < 4.78 is 0. The Morgan fingerprint density at radius 1 is 1.38 bits per heavy atom. The highest BCUT2D eigenvalue weighted by Gasteiger charge is 2.26. The second-order valence-corrected chi connectivity index (χ2v) is 5.33. The lowest BCUT2D eigenvalue weighted by Gasteiger charge is -2.24. The summed E-state index contributed by atoms with van der Waals surface area (Å²) in [5.41, 5.74) is 3.43. The van der Waals surface area contributed by atoms with Gasteiger partial charge in [0, 0.05) is 11.4 Å². The van der Waals surface area contributed by atoms with E-state index in [1.165, 1.54) is 16.0 Å². The van der Waals surface area contributed by atoms with E-state index in [9.17, 15) is 4.79 Å². The fraction of sp³-hybridized carbons (Fsp3) is 0.417. The van der Waals surface area contributed by atoms with Gasteiger partial charge in [0.1, 0.15) is 5.25 Å². The Labute approximate surface area is 100.0 Å². The van der Waals surface area contributed by atoms with E-state index in [0.717, 1.165) is 5.69 Å². The molecule has 1 unspecified atom stereocenters. The maximum Gasteiger partial charge on any atom is 0.239 e. The summed E-state index contributed by atoms with van der Waals surface area (Å²) in [6.45, 7) is 4.86. The predicted octanol–water partition coefficient (Wildman–Crippen LogP) is 1.94. The zero-order valence-corrected chi connectivity index (χ0v) is 10.6. The van der Waals surface area contributed by atoms with Crippen LogP contribution < -0.4 is 10.6 Å². The van der Waals surface area contributed by atoms with Crippen LogP contribution in [0.1, 0.15) is 11.1 Å². The highest BCUT2D eigenvalue weighted by Crippen LogP contribution is 2.37. The van der Waals surface area contributed by atoms with Crippen LogP contribution in [0.15, 0.2) is 17.0 Å². The number of rotatable bonds is 2. The molecule has 0 bridgehead atoms. The number of amides is 1. The molecule has 1 amide bonds. The van der Waals surface area contributed by atoms with E-state index in [-0.39, 0.29) is 11.2 Å². The maximum absolute atomic E-state index is 11.8. The Bertz CT molecular complexity index is 431. The summed E-state index contributed by atoms with van der Waals surface area (Å²) >= 11 is 1.64. The molecule has 4 heteroatoms. The predicted molar refractivity (Wildman–Crippen MR) is 68.1 cm³/mol. The summed E-state index contributed by atoms with van der Waals surface area (Å²) in [5.74, 6) is 0.0927. The molecule has 1 aliphatic heterocycles. The lowest BCUT2D eigenvalue weighted by atomic mass is 10.1. The van der Waals surface area contributed by atoms with Crippen molar-refractivity contribution in [2.24, 2.45) is 0 Å². The third-order valence-corrected chi connectivity index (χ3v) is 4.06. The number of anilines is 1. The van der Waals surface area contributed by atoms with Gasteiger partial charge in [0.05, 0.1) is 5.69 Å². The number of aryl methyl sites for hydroxylation is 2. The second kappa shape index (κ2) is 4.47. The summed E-state index contributed by atoms with van der Waals surface area (Å²) in [6.07, 6.45) is 0. The Balaban J connectivity index is 2.32. The van der Waals surface area contributed by atoms with E-state index in [4.69, 9.17) is 0 Å². The minimum atomic E-state index is -0.0281. The molecule has 0 spiro atoms. The number of thioether (sulfide) groups is 1. The lowest BCUT2D eigenvalue weighted by molar-refractivity contribution is -0.115. The smallest absolute Gasteiger partial charge is 0.239 e. The number of benzene rings is 1. The Kier molecular flexibility index (Phi) is 3.21. The van der Waals surface area contributed by atoms with Crippen molar-refractivity contribution in [3.8, 4) is 0 Å². The first kappa shape index (κ1) is 11.5.